The van der Waals surface area contributed by atoms with Crippen molar-refractivity contribution in [3.8, 4) is 0 Å². The Bertz CT molecular complexity index is 739. The van der Waals surface area contributed by atoms with Crippen molar-refractivity contribution in [1.29, 1.82) is 0 Å². The minimum atomic E-state index is -1.02. The zero-order valence-electron chi connectivity index (χ0n) is 12.4. The Morgan fingerprint density at radius 3 is 2.43 bits per heavy atom. The maximum Gasteiger partial charge on any atom is 0.349 e. The third kappa shape index (κ3) is 4.36. The summed E-state index contributed by atoms with van der Waals surface area (Å²) in [5.41, 5.74) is 1.65. The second-order valence-electron chi connectivity index (χ2n) is 4.80. The maximum atomic E-state index is 12.0. The van der Waals surface area contributed by atoms with Crippen LogP contribution in [0.1, 0.15) is 22.2 Å². The van der Waals surface area contributed by atoms with Crippen LogP contribution in [0.5, 0.6) is 0 Å². The first-order valence-electron chi connectivity index (χ1n) is 6.69. The molecular weight excluding hydrogens is 320 g/mol. The molecule has 1 heterocycles. The normalized spacial score (nSPS) is 11.6. The van der Waals surface area contributed by atoms with E-state index in [-0.39, 0.29) is 9.88 Å². The second kappa shape index (κ2) is 7.01. The smallest absolute Gasteiger partial charge is 0.349 e. The number of thiophene rings is 1. The van der Waals surface area contributed by atoms with Gasteiger partial charge in [0.2, 0.25) is 0 Å². The highest BCUT2D eigenvalue weighted by molar-refractivity contribution is 7.17. The number of carbonyl (C=O) groups excluding carboxylic acids is 2. The summed E-state index contributed by atoms with van der Waals surface area (Å²) >= 11 is 0.703. The number of nitrogens with one attached hydrogen (secondary N) is 1. The number of nitrogens with zero attached hydrogens (tertiary/aromatic N) is 1. The number of amides is 1. The molecule has 23 heavy (non-hydrogen) atoms. The first kappa shape index (κ1) is 16.6. The number of nitro groups is 1. The van der Waals surface area contributed by atoms with Crippen molar-refractivity contribution in [2.75, 3.05) is 5.32 Å². The molecule has 0 saturated heterocycles. The molecule has 120 valence electrons. The Kier molecular flexibility index (Phi) is 5.07. The van der Waals surface area contributed by atoms with E-state index >= 15 is 0 Å². The van der Waals surface area contributed by atoms with Crippen LogP contribution in [0, 0.1) is 17.0 Å². The number of esters is 1. The molecule has 8 heteroatoms. The molecule has 0 aliphatic heterocycles. The van der Waals surface area contributed by atoms with Gasteiger partial charge in [0.15, 0.2) is 6.10 Å². The highest BCUT2D eigenvalue weighted by atomic mass is 32.1. The van der Waals surface area contributed by atoms with Gasteiger partial charge in [0.05, 0.1) is 4.92 Å². The molecule has 0 aliphatic rings. The summed E-state index contributed by atoms with van der Waals surface area (Å²) in [6, 6.07) is 9.69. The largest absolute Gasteiger partial charge is 0.448 e. The third-order valence-electron chi connectivity index (χ3n) is 2.95. The predicted molar refractivity (Wildman–Crippen MR) is 85.7 cm³/mol. The molecule has 2 aromatic rings. The van der Waals surface area contributed by atoms with E-state index in [1.807, 2.05) is 19.1 Å². The van der Waals surface area contributed by atoms with E-state index in [1.165, 1.54) is 19.1 Å². The van der Waals surface area contributed by atoms with E-state index in [1.54, 1.807) is 12.1 Å². The highest BCUT2D eigenvalue weighted by Crippen LogP contribution is 2.24. The number of hydrogen-bond donors (Lipinski definition) is 1. The van der Waals surface area contributed by atoms with Gasteiger partial charge in [0.25, 0.3) is 5.91 Å². The van der Waals surface area contributed by atoms with Gasteiger partial charge in [-0.2, -0.15) is 0 Å². The van der Waals surface area contributed by atoms with Gasteiger partial charge in [-0.15, -0.1) is 0 Å². The quantitative estimate of drug-likeness (QED) is 0.514. The van der Waals surface area contributed by atoms with E-state index < -0.39 is 22.9 Å². The number of anilines is 1. The lowest BCUT2D eigenvalue weighted by molar-refractivity contribution is -0.380. The summed E-state index contributed by atoms with van der Waals surface area (Å²) in [6.07, 6.45) is -1.02. The SMILES string of the molecule is Cc1ccc(NC(=O)[C@H](C)OC(=O)c2ccc([N+](=O)[O-])s2)cc1. The van der Waals surface area contributed by atoms with Gasteiger partial charge < -0.3 is 10.1 Å². The molecule has 7 nitrogen and oxygen atoms in total. The highest BCUT2D eigenvalue weighted by Gasteiger charge is 2.22. The predicted octanol–water partition coefficient (Wildman–Crippen LogP) is 3.15. The molecule has 2 rings (SSSR count). The van der Waals surface area contributed by atoms with Crippen LogP contribution >= 0.6 is 11.3 Å². The summed E-state index contributed by atoms with van der Waals surface area (Å²) in [7, 11) is 0. The Balaban J connectivity index is 1.95. The van der Waals surface area contributed by atoms with Gasteiger partial charge in [-0.1, -0.05) is 29.0 Å². The van der Waals surface area contributed by atoms with Crippen molar-refractivity contribution in [1.82, 2.24) is 0 Å². The summed E-state index contributed by atoms with van der Waals surface area (Å²) in [5, 5.41) is 13.1. The van der Waals surface area contributed by atoms with Crippen molar-refractivity contribution in [2.24, 2.45) is 0 Å². The topological polar surface area (TPSA) is 98.5 Å². The molecule has 0 aliphatic carbocycles. The fraction of sp³-hybridized carbons (Fsp3) is 0.200. The van der Waals surface area contributed by atoms with E-state index in [0.29, 0.717) is 17.0 Å². The summed E-state index contributed by atoms with van der Waals surface area (Å²) < 4.78 is 5.02. The van der Waals surface area contributed by atoms with E-state index in [4.69, 9.17) is 4.74 Å². The van der Waals surface area contributed by atoms with Crippen molar-refractivity contribution in [3.63, 3.8) is 0 Å². The van der Waals surface area contributed by atoms with Gasteiger partial charge in [0, 0.05) is 11.8 Å². The van der Waals surface area contributed by atoms with E-state index in [0.717, 1.165) is 5.56 Å². The van der Waals surface area contributed by atoms with Crippen LogP contribution in [0.25, 0.3) is 0 Å². The van der Waals surface area contributed by atoms with Crippen LogP contribution in [0.15, 0.2) is 36.4 Å². The molecular formula is C15H14N2O5S. The van der Waals surface area contributed by atoms with Crippen molar-refractivity contribution in [3.05, 3.63) is 57.0 Å². The molecule has 1 aromatic carbocycles. The van der Waals surface area contributed by atoms with E-state index in [9.17, 15) is 19.7 Å². The lowest BCUT2D eigenvalue weighted by atomic mass is 10.2. The van der Waals surface area contributed by atoms with Crippen molar-refractivity contribution < 1.29 is 19.2 Å². The van der Waals surface area contributed by atoms with Gasteiger partial charge in [-0.25, -0.2) is 4.79 Å². The standard InChI is InChI=1S/C15H14N2O5S/c1-9-3-5-11(6-4-9)16-14(18)10(2)22-15(19)12-7-8-13(23-12)17(20)21/h3-8,10H,1-2H3,(H,16,18)/t10-/m0/s1. The van der Waals surface area contributed by atoms with Crippen molar-refractivity contribution in [2.45, 2.75) is 20.0 Å². The average molecular weight is 334 g/mol. The first-order chi connectivity index (χ1) is 10.9. The van der Waals surface area contributed by atoms with Crippen LogP contribution in [0.2, 0.25) is 0 Å². The minimum absolute atomic E-state index is 0.0756. The number of ether oxygens (including phenoxy) is 1. The Hall–Kier alpha value is -2.74. The Morgan fingerprint density at radius 1 is 1.22 bits per heavy atom. The molecule has 0 radical (unpaired) electrons. The number of carbonyl (C=O) groups is 2. The van der Waals surface area contributed by atoms with Gasteiger partial charge >= 0.3 is 11.0 Å². The summed E-state index contributed by atoms with van der Waals surface area (Å²) in [6.45, 7) is 3.36. The zero-order chi connectivity index (χ0) is 17.0. The Morgan fingerprint density at radius 2 is 1.87 bits per heavy atom. The van der Waals surface area contributed by atoms with Crippen LogP contribution in [-0.4, -0.2) is 22.9 Å². The molecule has 0 bridgehead atoms. The molecule has 1 atom stereocenters. The molecule has 0 spiro atoms. The van der Waals surface area contributed by atoms with Crippen LogP contribution < -0.4 is 5.32 Å². The monoisotopic (exact) mass is 334 g/mol. The number of benzene rings is 1. The molecule has 0 saturated carbocycles. The molecule has 1 amide bonds. The second-order valence-corrected chi connectivity index (χ2v) is 5.86. The summed E-state index contributed by atoms with van der Waals surface area (Å²) in [4.78, 5) is 33.9. The zero-order valence-corrected chi connectivity index (χ0v) is 13.3. The fourth-order valence-corrected chi connectivity index (χ4v) is 2.39. The number of aryl methyl sites for hydroxylation is 1. The molecule has 0 unspecified atom stereocenters. The fourth-order valence-electron chi connectivity index (χ4n) is 1.69. The molecule has 0 fully saturated rings. The average Bonchev–Trinajstić information content (AvgIpc) is 2.99. The molecule has 1 aromatic heterocycles. The first-order valence-corrected chi connectivity index (χ1v) is 7.51. The van der Waals surface area contributed by atoms with Crippen LogP contribution in [0.3, 0.4) is 0 Å². The van der Waals surface area contributed by atoms with Gasteiger partial charge in [-0.3, -0.25) is 14.9 Å². The van der Waals surface area contributed by atoms with Gasteiger partial charge in [0.1, 0.15) is 4.88 Å². The Labute approximate surface area is 136 Å². The van der Waals surface area contributed by atoms with E-state index in [2.05, 4.69) is 5.32 Å². The number of hydrogen-bond acceptors (Lipinski definition) is 6. The van der Waals surface area contributed by atoms with Crippen LogP contribution in [0.4, 0.5) is 10.7 Å². The maximum absolute atomic E-state index is 12.0. The van der Waals surface area contributed by atoms with Gasteiger partial charge in [-0.05, 0) is 32.0 Å². The van der Waals surface area contributed by atoms with Crippen LogP contribution in [-0.2, 0) is 9.53 Å². The molecule has 1 N–H and O–H groups in total. The third-order valence-corrected chi connectivity index (χ3v) is 3.96. The number of rotatable bonds is 5. The lowest BCUT2D eigenvalue weighted by Gasteiger charge is -2.13. The minimum Gasteiger partial charge on any atom is -0.448 e. The summed E-state index contributed by atoms with van der Waals surface area (Å²) in [5.74, 6) is -1.25. The van der Waals surface area contributed by atoms with Crippen molar-refractivity contribution >= 4 is 33.9 Å². The lowest BCUT2D eigenvalue weighted by Crippen LogP contribution is -2.29.